The first-order chi connectivity index (χ1) is 15.7. The number of ether oxygens (including phenoxy) is 3. The molecule has 1 N–H and O–H groups in total. The lowest BCUT2D eigenvalue weighted by Crippen LogP contribution is -2.66. The number of alkyl halides is 3. The molecule has 186 valence electrons. The van der Waals surface area contributed by atoms with Crippen LogP contribution in [-0.4, -0.2) is 78.9 Å². The van der Waals surface area contributed by atoms with Gasteiger partial charge in [0, 0.05) is 33.0 Å². The molecular formula is C21H29F4N3O5. The second-order valence-corrected chi connectivity index (χ2v) is 8.67. The monoisotopic (exact) mass is 479 g/mol. The molecule has 0 bridgehead atoms. The number of hydrogen-bond donors (Lipinski definition) is 1. The van der Waals surface area contributed by atoms with E-state index in [0.717, 1.165) is 78.2 Å². The van der Waals surface area contributed by atoms with E-state index in [0.29, 0.717) is 17.8 Å². The van der Waals surface area contributed by atoms with Gasteiger partial charge in [-0.2, -0.15) is 13.2 Å². The summed E-state index contributed by atoms with van der Waals surface area (Å²) in [5.74, 6) is -1.26. The lowest BCUT2D eigenvalue weighted by atomic mass is 9.79. The van der Waals surface area contributed by atoms with Crippen molar-refractivity contribution >= 4 is 11.9 Å². The van der Waals surface area contributed by atoms with E-state index in [1.807, 2.05) is 0 Å². The second kappa shape index (κ2) is 11.4. The Morgan fingerprint density at radius 1 is 1.15 bits per heavy atom. The van der Waals surface area contributed by atoms with Gasteiger partial charge in [0.1, 0.15) is 5.60 Å². The molecule has 4 rings (SSSR count). The summed E-state index contributed by atoms with van der Waals surface area (Å²) < 4.78 is 62.1. The molecule has 0 amide bonds. The Morgan fingerprint density at radius 3 is 2.36 bits per heavy atom. The summed E-state index contributed by atoms with van der Waals surface area (Å²) in [5.41, 5.74) is -0.0820. The Kier molecular flexibility index (Phi) is 8.82. The van der Waals surface area contributed by atoms with Crippen molar-refractivity contribution in [3.05, 3.63) is 18.2 Å². The highest BCUT2D eigenvalue weighted by atomic mass is 19.4. The van der Waals surface area contributed by atoms with Crippen molar-refractivity contribution in [2.45, 2.75) is 43.9 Å². The normalized spacial score (nSPS) is 22.9. The highest BCUT2D eigenvalue weighted by Crippen LogP contribution is 2.39. The van der Waals surface area contributed by atoms with Gasteiger partial charge < -0.3 is 24.2 Å². The van der Waals surface area contributed by atoms with Gasteiger partial charge in [0.15, 0.2) is 5.82 Å². The van der Waals surface area contributed by atoms with Crippen molar-refractivity contribution < 1.29 is 41.7 Å². The van der Waals surface area contributed by atoms with Gasteiger partial charge in [0.25, 0.3) is 0 Å². The average Bonchev–Trinajstić information content (AvgIpc) is 2.76. The van der Waals surface area contributed by atoms with Gasteiger partial charge in [0.2, 0.25) is 5.95 Å². The fourth-order valence-electron chi connectivity index (χ4n) is 4.27. The molecule has 3 saturated heterocycles. The fourth-order valence-corrected chi connectivity index (χ4v) is 4.27. The smallest absolute Gasteiger partial charge is 0.475 e. The Labute approximate surface area is 189 Å². The SMILES string of the molecule is Fc1cnc(N2CC3(CC(CCOCC4CCOCC4)CCO3)C2)nc1.O=C(O)C(F)(F)F. The van der Waals surface area contributed by atoms with Gasteiger partial charge in [0.05, 0.1) is 25.5 Å². The van der Waals surface area contributed by atoms with Crippen molar-refractivity contribution in [3.63, 3.8) is 0 Å². The van der Waals surface area contributed by atoms with Crippen molar-refractivity contribution in [1.82, 2.24) is 9.97 Å². The Bertz CT molecular complexity index is 753. The number of rotatable bonds is 6. The first kappa shape index (κ1) is 25.6. The molecule has 3 aliphatic rings. The molecule has 1 atom stereocenters. The molecule has 0 aliphatic carbocycles. The molecule has 3 fully saturated rings. The van der Waals surface area contributed by atoms with E-state index in [4.69, 9.17) is 24.1 Å². The Balaban J connectivity index is 0.000000383. The minimum absolute atomic E-state index is 0.0820. The molecule has 1 unspecified atom stereocenters. The van der Waals surface area contributed by atoms with E-state index in [1.165, 1.54) is 12.4 Å². The van der Waals surface area contributed by atoms with Crippen molar-refractivity contribution in [2.24, 2.45) is 11.8 Å². The molecule has 12 heteroatoms. The van der Waals surface area contributed by atoms with Crippen molar-refractivity contribution in [1.29, 1.82) is 0 Å². The van der Waals surface area contributed by atoms with Crippen LogP contribution < -0.4 is 4.90 Å². The van der Waals surface area contributed by atoms with Crippen molar-refractivity contribution in [2.75, 3.05) is 51.0 Å². The second-order valence-electron chi connectivity index (χ2n) is 8.67. The minimum Gasteiger partial charge on any atom is -0.475 e. The third-order valence-corrected chi connectivity index (χ3v) is 6.05. The number of halogens is 4. The molecule has 33 heavy (non-hydrogen) atoms. The zero-order valence-corrected chi connectivity index (χ0v) is 18.2. The molecule has 0 saturated carbocycles. The first-order valence-corrected chi connectivity index (χ1v) is 11.0. The lowest BCUT2D eigenvalue weighted by Gasteiger charge is -2.53. The maximum absolute atomic E-state index is 13.0. The van der Waals surface area contributed by atoms with Crippen LogP contribution in [0.25, 0.3) is 0 Å². The van der Waals surface area contributed by atoms with E-state index in [-0.39, 0.29) is 5.60 Å². The third kappa shape index (κ3) is 7.75. The number of aromatic nitrogens is 2. The summed E-state index contributed by atoms with van der Waals surface area (Å²) in [7, 11) is 0. The van der Waals surface area contributed by atoms with Crippen LogP contribution in [0, 0.1) is 17.7 Å². The fraction of sp³-hybridized carbons (Fsp3) is 0.762. The largest absolute Gasteiger partial charge is 0.490 e. The maximum Gasteiger partial charge on any atom is 0.490 e. The summed E-state index contributed by atoms with van der Waals surface area (Å²) >= 11 is 0. The number of hydrogen-bond acceptors (Lipinski definition) is 7. The van der Waals surface area contributed by atoms with Gasteiger partial charge in [-0.05, 0) is 43.9 Å². The zero-order valence-electron chi connectivity index (χ0n) is 18.2. The number of anilines is 1. The predicted octanol–water partition coefficient (Wildman–Crippen LogP) is 3.07. The maximum atomic E-state index is 13.0. The van der Waals surface area contributed by atoms with E-state index in [2.05, 4.69) is 14.9 Å². The number of carboxylic acid groups (broad SMARTS) is 1. The van der Waals surface area contributed by atoms with Gasteiger partial charge in [-0.3, -0.25) is 0 Å². The highest BCUT2D eigenvalue weighted by Gasteiger charge is 2.48. The van der Waals surface area contributed by atoms with Crippen LogP contribution in [0.5, 0.6) is 0 Å². The van der Waals surface area contributed by atoms with Crippen LogP contribution in [0.15, 0.2) is 12.4 Å². The minimum atomic E-state index is -5.08. The summed E-state index contributed by atoms with van der Waals surface area (Å²) in [6.07, 6.45) is 2.87. The molecule has 1 spiro atoms. The number of carboxylic acids is 1. The molecule has 4 heterocycles. The van der Waals surface area contributed by atoms with Gasteiger partial charge in [-0.25, -0.2) is 19.2 Å². The third-order valence-electron chi connectivity index (χ3n) is 6.05. The van der Waals surface area contributed by atoms with E-state index >= 15 is 0 Å². The van der Waals surface area contributed by atoms with Crippen LogP contribution >= 0.6 is 0 Å². The Morgan fingerprint density at radius 2 is 1.76 bits per heavy atom. The molecule has 0 aromatic carbocycles. The molecule has 3 aliphatic heterocycles. The molecule has 1 aromatic rings. The van der Waals surface area contributed by atoms with E-state index in [9.17, 15) is 17.6 Å². The first-order valence-electron chi connectivity index (χ1n) is 11.0. The number of carbonyl (C=O) groups is 1. The lowest BCUT2D eigenvalue weighted by molar-refractivity contribution is -0.192. The highest BCUT2D eigenvalue weighted by molar-refractivity contribution is 5.73. The van der Waals surface area contributed by atoms with Crippen LogP contribution in [-0.2, 0) is 19.0 Å². The average molecular weight is 479 g/mol. The molecule has 1 aromatic heterocycles. The summed E-state index contributed by atoms with van der Waals surface area (Å²) in [6.45, 7) is 5.85. The van der Waals surface area contributed by atoms with Crippen molar-refractivity contribution in [3.8, 4) is 0 Å². The zero-order chi connectivity index (χ0) is 23.9. The van der Waals surface area contributed by atoms with E-state index in [1.54, 1.807) is 0 Å². The topological polar surface area (TPSA) is 94.0 Å². The number of nitrogens with zero attached hydrogens (tertiary/aromatic N) is 3. The summed E-state index contributed by atoms with van der Waals surface area (Å²) in [4.78, 5) is 19.1. The van der Waals surface area contributed by atoms with Gasteiger partial charge >= 0.3 is 12.1 Å². The van der Waals surface area contributed by atoms with Crippen LogP contribution in [0.2, 0.25) is 0 Å². The molecule has 0 radical (unpaired) electrons. The number of aliphatic carboxylic acids is 1. The summed E-state index contributed by atoms with van der Waals surface area (Å²) in [6, 6.07) is 0. The van der Waals surface area contributed by atoms with Crippen LogP contribution in [0.3, 0.4) is 0 Å². The van der Waals surface area contributed by atoms with Gasteiger partial charge in [-0.15, -0.1) is 0 Å². The van der Waals surface area contributed by atoms with Crippen LogP contribution in [0.4, 0.5) is 23.5 Å². The van der Waals surface area contributed by atoms with E-state index < -0.39 is 18.0 Å². The standard InChI is InChI=1S/C19H28FN3O3.C2HF3O2/c20-17-10-21-18(22-11-17)23-13-19(14-23)9-15(4-8-26-19)1-7-25-12-16-2-5-24-6-3-16;3-2(4,5)1(6)7/h10-11,15-16H,1-9,12-14H2;(H,6,7). The Hall–Kier alpha value is -2.05. The molecule has 8 nitrogen and oxygen atoms in total. The van der Waals surface area contributed by atoms with Crippen LogP contribution in [0.1, 0.15) is 32.1 Å². The van der Waals surface area contributed by atoms with Gasteiger partial charge in [-0.1, -0.05) is 0 Å². The molecular weight excluding hydrogens is 450 g/mol. The quantitative estimate of drug-likeness (QED) is 0.492. The predicted molar refractivity (Wildman–Crippen MR) is 108 cm³/mol. The summed E-state index contributed by atoms with van der Waals surface area (Å²) in [5, 5.41) is 7.12.